The van der Waals surface area contributed by atoms with Crippen molar-refractivity contribution >= 4 is 11.9 Å². The third-order valence-electron chi connectivity index (χ3n) is 11.2. The van der Waals surface area contributed by atoms with Crippen LogP contribution in [0, 0.1) is 0 Å². The van der Waals surface area contributed by atoms with Gasteiger partial charge < -0.3 is 20.3 Å². The number of nitrogens with one attached hydrogen (secondary N) is 1. The first-order valence-corrected chi connectivity index (χ1v) is 24.7. The summed E-state index contributed by atoms with van der Waals surface area (Å²) in [5.74, 6) is -0.493. The first-order chi connectivity index (χ1) is 28.0. The van der Waals surface area contributed by atoms with Crippen molar-refractivity contribution in [2.24, 2.45) is 0 Å². The van der Waals surface area contributed by atoms with Gasteiger partial charge >= 0.3 is 5.97 Å². The first-order valence-electron chi connectivity index (χ1n) is 24.7. The van der Waals surface area contributed by atoms with Gasteiger partial charge in [-0.05, 0) is 77.0 Å². The maximum absolute atomic E-state index is 13.1. The quantitative estimate of drug-likeness (QED) is 0.0324. The van der Waals surface area contributed by atoms with E-state index in [0.717, 1.165) is 83.5 Å². The van der Waals surface area contributed by atoms with Gasteiger partial charge in [0, 0.05) is 6.42 Å². The van der Waals surface area contributed by atoms with Gasteiger partial charge in [0.1, 0.15) is 6.10 Å². The van der Waals surface area contributed by atoms with Crippen molar-refractivity contribution < 1.29 is 24.5 Å². The number of aliphatic hydroxyl groups is 2. The van der Waals surface area contributed by atoms with Crippen LogP contribution in [-0.2, 0) is 14.3 Å². The van der Waals surface area contributed by atoms with Gasteiger partial charge in [-0.3, -0.25) is 9.59 Å². The summed E-state index contributed by atoms with van der Waals surface area (Å²) in [6.45, 7) is 6.36. The predicted octanol–water partition coefficient (Wildman–Crippen LogP) is 14.5. The molecule has 6 heteroatoms. The molecule has 6 nitrogen and oxygen atoms in total. The average Bonchev–Trinajstić information content (AvgIpc) is 3.20. The molecule has 0 rings (SSSR count). The number of rotatable bonds is 44. The summed E-state index contributed by atoms with van der Waals surface area (Å²) in [5.41, 5.74) is 0. The Hall–Kier alpha value is -1.92. The van der Waals surface area contributed by atoms with E-state index < -0.39 is 18.2 Å². The highest BCUT2D eigenvalue weighted by atomic mass is 16.5. The number of allylic oxidation sites excluding steroid dienone is 6. The van der Waals surface area contributed by atoms with Crippen molar-refractivity contribution in [3.05, 3.63) is 36.5 Å². The molecule has 0 saturated carbocycles. The van der Waals surface area contributed by atoms with Crippen molar-refractivity contribution in [1.82, 2.24) is 5.32 Å². The van der Waals surface area contributed by atoms with Gasteiger partial charge in [0.25, 0.3) is 0 Å². The van der Waals surface area contributed by atoms with E-state index in [1.54, 1.807) is 0 Å². The molecule has 3 N–H and O–H groups in total. The summed E-state index contributed by atoms with van der Waals surface area (Å²) < 4.78 is 5.91. The number of hydrogen-bond donors (Lipinski definition) is 3. The summed E-state index contributed by atoms with van der Waals surface area (Å²) in [6, 6.07) is -0.704. The average molecular weight is 802 g/mol. The lowest BCUT2D eigenvalue weighted by molar-refractivity contribution is -0.151. The van der Waals surface area contributed by atoms with Gasteiger partial charge in [-0.15, -0.1) is 0 Å². The van der Waals surface area contributed by atoms with Crippen LogP contribution in [0.15, 0.2) is 36.5 Å². The molecule has 0 saturated heterocycles. The maximum Gasteiger partial charge on any atom is 0.306 e. The Bertz CT molecular complexity index is 946. The summed E-state index contributed by atoms with van der Waals surface area (Å²) in [7, 11) is 0. The molecular formula is C51H95NO5. The molecule has 3 atom stereocenters. The van der Waals surface area contributed by atoms with Crippen LogP contribution in [0.3, 0.4) is 0 Å². The zero-order chi connectivity index (χ0) is 41.7. The maximum atomic E-state index is 13.1. The standard InChI is InChI=1S/C51H95NO5/c1-4-7-10-13-16-19-22-24-25-26-27-29-32-35-38-41-44-51(56)57-47(42-39-36-33-30-28-23-20-17-14-11-8-5-2)45-50(55)52-48(46-53)49(54)43-40-37-34-31-21-18-15-12-9-6-3/h8,11,17,20,25-26,47-49,53-54H,4-7,9-10,12-16,18-19,21-24,27-46H2,1-3H3,(H,52,55)/b11-8+,20-17+,26-25+. The molecule has 57 heavy (non-hydrogen) atoms. The third-order valence-corrected chi connectivity index (χ3v) is 11.2. The smallest absolute Gasteiger partial charge is 0.306 e. The summed E-state index contributed by atoms with van der Waals surface area (Å²) in [6.07, 6.45) is 52.1. The Labute approximate surface area is 353 Å². The summed E-state index contributed by atoms with van der Waals surface area (Å²) in [5, 5.41) is 23.7. The number of amides is 1. The summed E-state index contributed by atoms with van der Waals surface area (Å²) >= 11 is 0. The number of unbranched alkanes of at least 4 members (excludes halogenated alkanes) is 26. The van der Waals surface area contributed by atoms with Crippen LogP contribution in [0.5, 0.6) is 0 Å². The molecule has 1 amide bonds. The molecule has 0 aromatic heterocycles. The fourth-order valence-corrected chi connectivity index (χ4v) is 7.46. The molecule has 0 aromatic carbocycles. The monoisotopic (exact) mass is 802 g/mol. The van der Waals surface area contributed by atoms with Crippen molar-refractivity contribution in [2.75, 3.05) is 6.61 Å². The van der Waals surface area contributed by atoms with Gasteiger partial charge in [-0.1, -0.05) is 198 Å². The molecule has 0 radical (unpaired) electrons. The van der Waals surface area contributed by atoms with Crippen LogP contribution >= 0.6 is 0 Å². The Morgan fingerprint density at radius 2 is 0.947 bits per heavy atom. The van der Waals surface area contributed by atoms with Gasteiger partial charge in [0.15, 0.2) is 0 Å². The molecule has 0 aliphatic rings. The number of carbonyl (C=O) groups excluding carboxylic acids is 2. The van der Waals surface area contributed by atoms with Crippen molar-refractivity contribution in [3.63, 3.8) is 0 Å². The van der Waals surface area contributed by atoms with Gasteiger partial charge in [0.05, 0.1) is 25.2 Å². The molecule has 0 aliphatic heterocycles. The molecule has 3 unspecified atom stereocenters. The molecule has 334 valence electrons. The molecule has 0 bridgehead atoms. The molecule has 0 spiro atoms. The van der Waals surface area contributed by atoms with E-state index in [2.05, 4.69) is 62.5 Å². The largest absolute Gasteiger partial charge is 0.462 e. The Kier molecular flexibility index (Phi) is 43.6. The van der Waals surface area contributed by atoms with Gasteiger partial charge in [0.2, 0.25) is 5.91 Å². The van der Waals surface area contributed by atoms with Crippen LogP contribution < -0.4 is 5.32 Å². The molecule has 0 aromatic rings. The van der Waals surface area contributed by atoms with E-state index in [9.17, 15) is 19.8 Å². The van der Waals surface area contributed by atoms with Crippen LogP contribution in [0.25, 0.3) is 0 Å². The number of ether oxygens (including phenoxy) is 1. The van der Waals surface area contributed by atoms with Crippen LogP contribution in [0.2, 0.25) is 0 Å². The SMILES string of the molecule is CC/C=C/C/C=C/CCCCCCCC(CC(=O)NC(CO)C(O)CCCCCCCCCCCC)OC(=O)CCCCCCC/C=C/CCCCCCCCC. The third kappa shape index (κ3) is 40.6. The van der Waals surface area contributed by atoms with E-state index in [-0.39, 0.29) is 24.9 Å². The minimum absolute atomic E-state index is 0.0664. The minimum Gasteiger partial charge on any atom is -0.462 e. The molecule has 0 fully saturated rings. The fourth-order valence-electron chi connectivity index (χ4n) is 7.46. The van der Waals surface area contributed by atoms with Crippen LogP contribution in [-0.4, -0.2) is 46.9 Å². The van der Waals surface area contributed by atoms with Crippen molar-refractivity contribution in [1.29, 1.82) is 0 Å². The number of hydrogen-bond acceptors (Lipinski definition) is 5. The second-order valence-corrected chi connectivity index (χ2v) is 16.8. The van der Waals surface area contributed by atoms with Gasteiger partial charge in [-0.25, -0.2) is 0 Å². The van der Waals surface area contributed by atoms with E-state index in [1.165, 1.54) is 122 Å². The van der Waals surface area contributed by atoms with Crippen molar-refractivity contribution in [2.45, 2.75) is 270 Å². The Morgan fingerprint density at radius 1 is 0.526 bits per heavy atom. The van der Waals surface area contributed by atoms with Crippen LogP contribution in [0.1, 0.15) is 252 Å². The lowest BCUT2D eigenvalue weighted by atomic mass is 10.0. The minimum atomic E-state index is -0.789. The van der Waals surface area contributed by atoms with E-state index in [1.807, 2.05) is 0 Å². The van der Waals surface area contributed by atoms with E-state index in [4.69, 9.17) is 4.74 Å². The second-order valence-electron chi connectivity index (χ2n) is 16.8. The fraction of sp³-hybridized carbons (Fsp3) is 0.843. The van der Waals surface area contributed by atoms with E-state index in [0.29, 0.717) is 19.3 Å². The highest BCUT2D eigenvalue weighted by molar-refractivity contribution is 5.77. The predicted molar refractivity (Wildman–Crippen MR) is 246 cm³/mol. The van der Waals surface area contributed by atoms with Crippen molar-refractivity contribution in [3.8, 4) is 0 Å². The lowest BCUT2D eigenvalue weighted by Gasteiger charge is -2.24. The summed E-state index contributed by atoms with van der Waals surface area (Å²) in [4.78, 5) is 26.1. The normalized spacial score (nSPS) is 13.6. The topological polar surface area (TPSA) is 95.9 Å². The zero-order valence-electron chi connectivity index (χ0n) is 38.0. The molecule has 0 heterocycles. The van der Waals surface area contributed by atoms with Gasteiger partial charge in [-0.2, -0.15) is 0 Å². The lowest BCUT2D eigenvalue weighted by Crippen LogP contribution is -2.46. The Balaban J connectivity index is 4.57. The van der Waals surface area contributed by atoms with Crippen LogP contribution in [0.4, 0.5) is 0 Å². The second kappa shape index (κ2) is 45.2. The Morgan fingerprint density at radius 3 is 1.44 bits per heavy atom. The first kappa shape index (κ1) is 55.1. The number of aliphatic hydroxyl groups excluding tert-OH is 2. The number of esters is 1. The number of carbonyl (C=O) groups is 2. The molecule has 0 aliphatic carbocycles. The highest BCUT2D eigenvalue weighted by Gasteiger charge is 2.24. The molecular weight excluding hydrogens is 707 g/mol. The highest BCUT2D eigenvalue weighted by Crippen LogP contribution is 2.17. The zero-order valence-corrected chi connectivity index (χ0v) is 38.0. The van der Waals surface area contributed by atoms with E-state index >= 15 is 0 Å².